The van der Waals surface area contributed by atoms with E-state index in [1.165, 1.54) is 18.2 Å². The minimum absolute atomic E-state index is 0.00513. The second-order valence-corrected chi connectivity index (χ2v) is 5.41. The summed E-state index contributed by atoms with van der Waals surface area (Å²) in [4.78, 5) is 13.0. The predicted molar refractivity (Wildman–Crippen MR) is 67.8 cm³/mol. The number of benzene rings is 1. The Bertz CT molecular complexity index is 519. The second kappa shape index (κ2) is 4.49. The van der Waals surface area contributed by atoms with E-state index in [0.717, 1.165) is 12.8 Å². The summed E-state index contributed by atoms with van der Waals surface area (Å²) in [5.41, 5.74) is 0.158. The fourth-order valence-electron chi connectivity index (χ4n) is 3.43. The summed E-state index contributed by atoms with van der Waals surface area (Å²) in [6.45, 7) is 1.16. The zero-order valence-corrected chi connectivity index (χ0v) is 10.4. The van der Waals surface area contributed by atoms with Gasteiger partial charge in [0.05, 0.1) is 17.4 Å². The van der Waals surface area contributed by atoms with Crippen LogP contribution >= 0.6 is 0 Å². The number of anilines is 1. The van der Waals surface area contributed by atoms with Crippen LogP contribution in [0.2, 0.25) is 0 Å². The van der Waals surface area contributed by atoms with Crippen molar-refractivity contribution >= 4 is 11.7 Å². The minimum atomic E-state index is -1.12. The van der Waals surface area contributed by atoms with Crippen LogP contribution in [0.5, 0.6) is 0 Å². The van der Waals surface area contributed by atoms with Crippen LogP contribution in [0.4, 0.5) is 10.1 Å². The van der Waals surface area contributed by atoms with Crippen molar-refractivity contribution in [2.24, 2.45) is 11.8 Å². The lowest BCUT2D eigenvalue weighted by molar-refractivity contribution is 0.0697. The largest absolute Gasteiger partial charge is 0.478 e. The topological polar surface area (TPSA) is 60.8 Å². The molecule has 4 nitrogen and oxygen atoms in total. The van der Waals surface area contributed by atoms with E-state index in [1.54, 1.807) is 4.90 Å². The number of nitrogens with zero attached hydrogens (tertiary/aromatic N) is 1. The molecule has 0 spiro atoms. The van der Waals surface area contributed by atoms with Crippen LogP contribution < -0.4 is 4.90 Å². The lowest BCUT2D eigenvalue weighted by atomic mass is 10.00. The molecular formula is C14H16FNO3. The quantitative estimate of drug-likeness (QED) is 0.855. The van der Waals surface area contributed by atoms with Gasteiger partial charge >= 0.3 is 5.97 Å². The van der Waals surface area contributed by atoms with Crippen molar-refractivity contribution in [3.8, 4) is 0 Å². The fraction of sp³-hybridized carbons (Fsp3) is 0.500. The Morgan fingerprint density at radius 2 is 2.11 bits per heavy atom. The minimum Gasteiger partial charge on any atom is -0.478 e. The van der Waals surface area contributed by atoms with E-state index >= 15 is 0 Å². The van der Waals surface area contributed by atoms with Crippen LogP contribution in [0.3, 0.4) is 0 Å². The molecule has 2 aliphatic rings. The highest BCUT2D eigenvalue weighted by Gasteiger charge is 2.43. The van der Waals surface area contributed by atoms with Gasteiger partial charge in [-0.05, 0) is 30.9 Å². The zero-order chi connectivity index (χ0) is 13.6. The van der Waals surface area contributed by atoms with Crippen molar-refractivity contribution in [2.75, 3.05) is 18.0 Å². The summed E-state index contributed by atoms with van der Waals surface area (Å²) < 4.78 is 14.0. The Kier molecular flexibility index (Phi) is 2.93. The second-order valence-electron chi connectivity index (χ2n) is 5.41. The van der Waals surface area contributed by atoms with E-state index in [2.05, 4.69) is 0 Å². The van der Waals surface area contributed by atoms with Crippen molar-refractivity contribution in [2.45, 2.75) is 18.9 Å². The Balaban J connectivity index is 1.94. The Morgan fingerprint density at radius 1 is 1.32 bits per heavy atom. The number of halogens is 1. The monoisotopic (exact) mass is 265 g/mol. The van der Waals surface area contributed by atoms with Gasteiger partial charge in [0.15, 0.2) is 0 Å². The van der Waals surface area contributed by atoms with Crippen LogP contribution in [0.1, 0.15) is 23.2 Å². The van der Waals surface area contributed by atoms with Crippen molar-refractivity contribution in [3.05, 3.63) is 29.6 Å². The highest BCUT2D eigenvalue weighted by molar-refractivity contribution is 5.94. The number of fused-ring (bicyclic) bond motifs is 1. The lowest BCUT2D eigenvalue weighted by Crippen LogP contribution is -2.26. The molecule has 1 heterocycles. The lowest BCUT2D eigenvalue weighted by Gasteiger charge is -2.22. The first-order valence-corrected chi connectivity index (χ1v) is 6.52. The smallest absolute Gasteiger partial charge is 0.337 e. The van der Waals surface area contributed by atoms with E-state index in [0.29, 0.717) is 19.0 Å². The van der Waals surface area contributed by atoms with Gasteiger partial charge in [0, 0.05) is 19.0 Å². The molecule has 1 saturated heterocycles. The third kappa shape index (κ3) is 1.98. The van der Waals surface area contributed by atoms with Crippen molar-refractivity contribution in [1.82, 2.24) is 0 Å². The molecule has 2 fully saturated rings. The van der Waals surface area contributed by atoms with Crippen molar-refractivity contribution in [3.63, 3.8) is 0 Å². The number of para-hydroxylation sites is 1. The number of aromatic carboxylic acids is 1. The summed E-state index contributed by atoms with van der Waals surface area (Å²) in [7, 11) is 0. The molecule has 3 rings (SSSR count). The molecule has 3 unspecified atom stereocenters. The Labute approximate surface area is 110 Å². The molecule has 5 heteroatoms. The number of hydrogen-bond donors (Lipinski definition) is 2. The molecule has 1 saturated carbocycles. The molecule has 1 aromatic rings. The SMILES string of the molecule is O=C(O)c1cccc(F)c1N1CC2CCC(O)C2C1. The first-order chi connectivity index (χ1) is 9.08. The fourth-order valence-corrected chi connectivity index (χ4v) is 3.43. The van der Waals surface area contributed by atoms with Crippen molar-refractivity contribution in [1.29, 1.82) is 0 Å². The average Bonchev–Trinajstić information content (AvgIpc) is 2.91. The maximum Gasteiger partial charge on any atom is 0.337 e. The van der Waals surface area contributed by atoms with Crippen LogP contribution in [-0.2, 0) is 0 Å². The number of carbonyl (C=O) groups is 1. The van der Waals surface area contributed by atoms with E-state index in [4.69, 9.17) is 5.11 Å². The van der Waals surface area contributed by atoms with Gasteiger partial charge in [-0.15, -0.1) is 0 Å². The molecule has 1 aromatic carbocycles. The van der Waals surface area contributed by atoms with Gasteiger partial charge in [0.2, 0.25) is 0 Å². The van der Waals surface area contributed by atoms with Crippen LogP contribution in [-0.4, -0.2) is 35.4 Å². The molecule has 0 radical (unpaired) electrons. The van der Waals surface area contributed by atoms with Gasteiger partial charge in [-0.3, -0.25) is 0 Å². The zero-order valence-electron chi connectivity index (χ0n) is 10.4. The van der Waals surface area contributed by atoms with Gasteiger partial charge < -0.3 is 15.1 Å². The summed E-state index contributed by atoms with van der Waals surface area (Å²) in [5, 5.41) is 19.0. The molecule has 102 valence electrons. The van der Waals surface area contributed by atoms with E-state index in [1.807, 2.05) is 0 Å². The molecule has 0 aromatic heterocycles. The molecule has 1 aliphatic carbocycles. The van der Waals surface area contributed by atoms with E-state index in [-0.39, 0.29) is 23.3 Å². The molecule has 1 aliphatic heterocycles. The van der Waals surface area contributed by atoms with Crippen LogP contribution in [0.15, 0.2) is 18.2 Å². The number of aliphatic hydroxyl groups excluding tert-OH is 1. The normalized spacial score (nSPS) is 29.6. The third-order valence-electron chi connectivity index (χ3n) is 4.35. The van der Waals surface area contributed by atoms with E-state index in [9.17, 15) is 14.3 Å². The Hall–Kier alpha value is -1.62. The predicted octanol–water partition coefficient (Wildman–Crippen LogP) is 1.73. The number of aliphatic hydroxyl groups is 1. The number of carboxylic acids is 1. The van der Waals surface area contributed by atoms with Crippen molar-refractivity contribution < 1.29 is 19.4 Å². The van der Waals surface area contributed by atoms with Crippen LogP contribution in [0.25, 0.3) is 0 Å². The van der Waals surface area contributed by atoms with Gasteiger partial charge in [-0.1, -0.05) is 6.07 Å². The Morgan fingerprint density at radius 3 is 2.79 bits per heavy atom. The van der Waals surface area contributed by atoms with Gasteiger partial charge in [-0.25, -0.2) is 9.18 Å². The van der Waals surface area contributed by atoms with Crippen LogP contribution in [0, 0.1) is 17.7 Å². The average molecular weight is 265 g/mol. The number of rotatable bonds is 2. The molecule has 3 atom stereocenters. The maximum absolute atomic E-state index is 14.0. The van der Waals surface area contributed by atoms with E-state index < -0.39 is 11.8 Å². The molecule has 0 bridgehead atoms. The molecule has 19 heavy (non-hydrogen) atoms. The highest BCUT2D eigenvalue weighted by Crippen LogP contribution is 2.41. The standard InChI is InChI=1S/C14H16FNO3/c15-11-3-1-2-9(14(18)19)13(11)16-6-8-4-5-12(17)10(8)7-16/h1-3,8,10,12,17H,4-7H2,(H,18,19). The maximum atomic E-state index is 14.0. The molecule has 2 N–H and O–H groups in total. The summed E-state index contributed by atoms with van der Waals surface area (Å²) >= 11 is 0. The van der Waals surface area contributed by atoms with Gasteiger partial charge in [-0.2, -0.15) is 0 Å². The summed E-state index contributed by atoms with van der Waals surface area (Å²) in [6, 6.07) is 4.12. The summed E-state index contributed by atoms with van der Waals surface area (Å²) in [5.74, 6) is -1.14. The first-order valence-electron chi connectivity index (χ1n) is 6.52. The van der Waals surface area contributed by atoms with Gasteiger partial charge in [0.1, 0.15) is 5.82 Å². The summed E-state index contributed by atoms with van der Waals surface area (Å²) in [6.07, 6.45) is 1.39. The number of carboxylic acid groups (broad SMARTS) is 1. The highest BCUT2D eigenvalue weighted by atomic mass is 19.1. The molecular weight excluding hydrogens is 249 g/mol. The molecule has 0 amide bonds. The van der Waals surface area contributed by atoms with Gasteiger partial charge in [0.25, 0.3) is 0 Å². The third-order valence-corrected chi connectivity index (χ3v) is 4.35. The number of hydrogen-bond acceptors (Lipinski definition) is 3. The first kappa shape index (κ1) is 12.4.